The van der Waals surface area contributed by atoms with Gasteiger partial charge in [0, 0.05) is 31.6 Å². The number of amides is 1. The average Bonchev–Trinajstić information content (AvgIpc) is 3.01. The maximum absolute atomic E-state index is 12.2. The maximum Gasteiger partial charge on any atom is 0.273 e. The summed E-state index contributed by atoms with van der Waals surface area (Å²) in [7, 11) is 0. The number of rotatable bonds is 2. The Morgan fingerprint density at radius 2 is 1.95 bits per heavy atom. The molecule has 1 aromatic heterocycles. The number of nitrogens with two attached hydrogens (primary N) is 1. The highest BCUT2D eigenvalue weighted by Gasteiger charge is 2.23. The van der Waals surface area contributed by atoms with Gasteiger partial charge in [0.25, 0.3) is 5.91 Å². The van der Waals surface area contributed by atoms with Crippen molar-refractivity contribution < 1.29 is 4.79 Å². The SMILES string of the molecule is Nc1ccccc1N1CCN(C(=O)c2cscn2)CC1. The molecule has 0 spiro atoms. The lowest BCUT2D eigenvalue weighted by atomic mass is 10.2. The third-order valence-electron chi connectivity index (χ3n) is 3.50. The van der Waals surface area contributed by atoms with Gasteiger partial charge in [0.05, 0.1) is 16.9 Å². The minimum atomic E-state index is 0.0203. The van der Waals surface area contributed by atoms with Crippen molar-refractivity contribution in [2.75, 3.05) is 36.8 Å². The summed E-state index contributed by atoms with van der Waals surface area (Å²) >= 11 is 1.45. The molecule has 3 rings (SSSR count). The summed E-state index contributed by atoms with van der Waals surface area (Å²) in [6.45, 7) is 2.99. The molecule has 0 saturated carbocycles. The smallest absolute Gasteiger partial charge is 0.273 e. The molecule has 2 heterocycles. The number of nitrogen functional groups attached to an aromatic ring is 1. The first kappa shape index (κ1) is 12.9. The molecule has 1 aliphatic heterocycles. The Balaban J connectivity index is 1.65. The molecule has 20 heavy (non-hydrogen) atoms. The van der Waals surface area contributed by atoms with Gasteiger partial charge in [0.2, 0.25) is 0 Å². The van der Waals surface area contributed by atoms with E-state index < -0.39 is 0 Å². The number of para-hydroxylation sites is 2. The van der Waals surface area contributed by atoms with Gasteiger partial charge in [0.15, 0.2) is 0 Å². The van der Waals surface area contributed by atoms with Crippen molar-refractivity contribution in [1.29, 1.82) is 0 Å². The van der Waals surface area contributed by atoms with Crippen LogP contribution in [0.1, 0.15) is 10.5 Å². The highest BCUT2D eigenvalue weighted by atomic mass is 32.1. The second kappa shape index (κ2) is 5.50. The fourth-order valence-corrected chi connectivity index (χ4v) is 2.93. The number of hydrogen-bond acceptors (Lipinski definition) is 5. The van der Waals surface area contributed by atoms with Crippen LogP contribution in [0.25, 0.3) is 0 Å². The molecule has 5 nitrogen and oxygen atoms in total. The number of anilines is 2. The van der Waals surface area contributed by atoms with Crippen LogP contribution in [0.5, 0.6) is 0 Å². The summed E-state index contributed by atoms with van der Waals surface area (Å²) in [4.78, 5) is 20.3. The van der Waals surface area contributed by atoms with E-state index in [0.29, 0.717) is 18.8 Å². The summed E-state index contributed by atoms with van der Waals surface area (Å²) in [6, 6.07) is 7.84. The van der Waals surface area contributed by atoms with Crippen LogP contribution in [-0.2, 0) is 0 Å². The topological polar surface area (TPSA) is 62.5 Å². The molecule has 0 unspecified atom stereocenters. The molecule has 6 heteroatoms. The zero-order chi connectivity index (χ0) is 13.9. The van der Waals surface area contributed by atoms with Crippen LogP contribution < -0.4 is 10.6 Å². The second-order valence-corrected chi connectivity index (χ2v) is 5.43. The largest absolute Gasteiger partial charge is 0.397 e. The van der Waals surface area contributed by atoms with E-state index in [4.69, 9.17) is 5.73 Å². The van der Waals surface area contributed by atoms with E-state index in [2.05, 4.69) is 9.88 Å². The van der Waals surface area contributed by atoms with Crippen molar-refractivity contribution in [3.05, 3.63) is 40.8 Å². The van der Waals surface area contributed by atoms with Crippen LogP contribution in [0.4, 0.5) is 11.4 Å². The predicted octanol–water partition coefficient (Wildman–Crippen LogP) is 1.69. The molecule has 0 radical (unpaired) electrons. The molecule has 1 aliphatic rings. The van der Waals surface area contributed by atoms with E-state index in [0.717, 1.165) is 24.5 Å². The summed E-state index contributed by atoms with van der Waals surface area (Å²) in [6.07, 6.45) is 0. The molecular formula is C14H16N4OS. The van der Waals surface area contributed by atoms with Crippen LogP contribution in [0.2, 0.25) is 0 Å². The number of carbonyl (C=O) groups excluding carboxylic acids is 1. The quantitative estimate of drug-likeness (QED) is 0.854. The third kappa shape index (κ3) is 2.46. The standard InChI is InChI=1S/C14H16N4OS/c15-11-3-1-2-4-13(11)17-5-7-18(8-6-17)14(19)12-9-20-10-16-12/h1-4,9-10H,5-8,15H2. The Morgan fingerprint density at radius 1 is 1.20 bits per heavy atom. The van der Waals surface area contributed by atoms with Gasteiger partial charge in [0.1, 0.15) is 5.69 Å². The number of thiazole rings is 1. The molecule has 0 atom stereocenters. The molecule has 1 amide bonds. The van der Waals surface area contributed by atoms with E-state index in [9.17, 15) is 4.79 Å². The Morgan fingerprint density at radius 3 is 2.60 bits per heavy atom. The van der Waals surface area contributed by atoms with Gasteiger partial charge in [-0.2, -0.15) is 0 Å². The van der Waals surface area contributed by atoms with Gasteiger partial charge in [-0.25, -0.2) is 4.98 Å². The normalized spacial score (nSPS) is 15.4. The van der Waals surface area contributed by atoms with Crippen LogP contribution in [-0.4, -0.2) is 42.0 Å². The van der Waals surface area contributed by atoms with Gasteiger partial charge in [-0.15, -0.1) is 11.3 Å². The first-order chi connectivity index (χ1) is 9.75. The molecule has 104 valence electrons. The monoisotopic (exact) mass is 288 g/mol. The summed E-state index contributed by atoms with van der Waals surface area (Å²) in [5, 5.41) is 1.80. The van der Waals surface area contributed by atoms with Gasteiger partial charge >= 0.3 is 0 Å². The van der Waals surface area contributed by atoms with Crippen LogP contribution in [0, 0.1) is 0 Å². The summed E-state index contributed by atoms with van der Waals surface area (Å²) in [5.41, 5.74) is 10.1. The van der Waals surface area contributed by atoms with Gasteiger partial charge in [-0.05, 0) is 12.1 Å². The fourth-order valence-electron chi connectivity index (χ4n) is 2.41. The van der Waals surface area contributed by atoms with Crippen molar-refractivity contribution in [1.82, 2.24) is 9.88 Å². The van der Waals surface area contributed by atoms with Crippen molar-refractivity contribution in [3.63, 3.8) is 0 Å². The Hall–Kier alpha value is -2.08. The molecule has 2 N–H and O–H groups in total. The molecule has 0 aliphatic carbocycles. The fraction of sp³-hybridized carbons (Fsp3) is 0.286. The number of hydrogen-bond donors (Lipinski definition) is 1. The van der Waals surface area contributed by atoms with Gasteiger partial charge in [-0.1, -0.05) is 12.1 Å². The van der Waals surface area contributed by atoms with E-state index >= 15 is 0 Å². The van der Waals surface area contributed by atoms with Crippen molar-refractivity contribution in [2.45, 2.75) is 0 Å². The Kier molecular flexibility index (Phi) is 3.56. The van der Waals surface area contributed by atoms with Crippen molar-refractivity contribution in [2.24, 2.45) is 0 Å². The van der Waals surface area contributed by atoms with E-state index in [1.807, 2.05) is 29.2 Å². The first-order valence-electron chi connectivity index (χ1n) is 6.52. The zero-order valence-corrected chi connectivity index (χ0v) is 11.8. The number of nitrogens with zero attached hydrogens (tertiary/aromatic N) is 3. The van der Waals surface area contributed by atoms with Crippen LogP contribution in [0.3, 0.4) is 0 Å². The number of benzene rings is 1. The highest BCUT2D eigenvalue weighted by Crippen LogP contribution is 2.23. The number of carbonyl (C=O) groups is 1. The summed E-state index contributed by atoms with van der Waals surface area (Å²) in [5.74, 6) is 0.0203. The Labute approximate surface area is 121 Å². The van der Waals surface area contributed by atoms with Crippen LogP contribution >= 0.6 is 11.3 Å². The van der Waals surface area contributed by atoms with Crippen molar-refractivity contribution in [3.8, 4) is 0 Å². The lowest BCUT2D eigenvalue weighted by Crippen LogP contribution is -2.49. The first-order valence-corrected chi connectivity index (χ1v) is 7.47. The van der Waals surface area contributed by atoms with E-state index in [1.165, 1.54) is 11.3 Å². The Bertz CT molecular complexity index is 591. The lowest BCUT2D eigenvalue weighted by molar-refractivity contribution is 0.0742. The molecule has 1 fully saturated rings. The molecule has 1 aromatic carbocycles. The zero-order valence-electron chi connectivity index (χ0n) is 11.0. The van der Waals surface area contributed by atoms with Crippen LogP contribution in [0.15, 0.2) is 35.2 Å². The van der Waals surface area contributed by atoms with Gasteiger partial charge in [-0.3, -0.25) is 4.79 Å². The van der Waals surface area contributed by atoms with E-state index in [-0.39, 0.29) is 5.91 Å². The number of aromatic nitrogens is 1. The second-order valence-electron chi connectivity index (χ2n) is 4.71. The molecule has 0 bridgehead atoms. The lowest BCUT2D eigenvalue weighted by Gasteiger charge is -2.36. The minimum Gasteiger partial charge on any atom is -0.397 e. The number of piperazine rings is 1. The van der Waals surface area contributed by atoms with Gasteiger partial charge < -0.3 is 15.5 Å². The highest BCUT2D eigenvalue weighted by molar-refractivity contribution is 7.07. The minimum absolute atomic E-state index is 0.0203. The average molecular weight is 288 g/mol. The molecule has 2 aromatic rings. The molecular weight excluding hydrogens is 272 g/mol. The molecule has 1 saturated heterocycles. The van der Waals surface area contributed by atoms with E-state index in [1.54, 1.807) is 10.9 Å². The predicted molar refractivity (Wildman–Crippen MR) is 81.1 cm³/mol. The maximum atomic E-state index is 12.2. The van der Waals surface area contributed by atoms with Crippen molar-refractivity contribution >= 4 is 28.6 Å². The summed E-state index contributed by atoms with van der Waals surface area (Å²) < 4.78 is 0. The third-order valence-corrected chi connectivity index (χ3v) is 4.08.